The number of nitrogens with zero attached hydrogens (tertiary/aromatic N) is 1. The van der Waals surface area contributed by atoms with Crippen LogP contribution in [0.25, 0.3) is 11.0 Å². The van der Waals surface area contributed by atoms with Crippen LogP contribution in [0, 0.1) is 0 Å². The van der Waals surface area contributed by atoms with E-state index in [2.05, 4.69) is 15.3 Å². The average Bonchev–Trinajstić information content (AvgIpc) is 2.71. The van der Waals surface area contributed by atoms with Crippen LogP contribution >= 0.6 is 0 Å². The van der Waals surface area contributed by atoms with E-state index < -0.39 is 11.9 Å². The Morgan fingerprint density at radius 1 is 1.00 bits per heavy atom. The molecule has 2 aromatic carbocycles. The van der Waals surface area contributed by atoms with Crippen molar-refractivity contribution in [2.24, 2.45) is 5.16 Å². The first-order valence-electron chi connectivity index (χ1n) is 8.29. The lowest BCUT2D eigenvalue weighted by Gasteiger charge is -2.10. The van der Waals surface area contributed by atoms with Crippen LogP contribution in [0.2, 0.25) is 0 Å². The minimum absolute atomic E-state index is 0.0988. The molecule has 0 spiro atoms. The second-order valence-corrected chi connectivity index (χ2v) is 5.73. The number of nitrogens with one attached hydrogen (secondary N) is 1. The highest BCUT2D eigenvalue weighted by atomic mass is 16.7. The van der Waals surface area contributed by atoms with Crippen molar-refractivity contribution in [3.8, 4) is 11.5 Å². The number of amides is 1. The van der Waals surface area contributed by atoms with Crippen LogP contribution in [-0.4, -0.2) is 26.1 Å². The molecule has 3 rings (SSSR count). The number of carbonyl (C=O) groups excluding carboxylic acids is 2. The summed E-state index contributed by atoms with van der Waals surface area (Å²) < 4.78 is 16.0. The lowest BCUT2D eigenvalue weighted by Crippen LogP contribution is -2.22. The molecule has 1 aromatic heterocycles. The van der Waals surface area contributed by atoms with Gasteiger partial charge in [-0.25, -0.2) is 4.79 Å². The number of fused-ring (bicyclic) bond motifs is 1. The van der Waals surface area contributed by atoms with Crippen molar-refractivity contribution in [1.82, 2.24) is 0 Å². The molecule has 1 N–H and O–H groups in total. The van der Waals surface area contributed by atoms with Crippen molar-refractivity contribution >= 4 is 28.5 Å². The van der Waals surface area contributed by atoms with E-state index in [0.29, 0.717) is 28.2 Å². The molecular formula is C20H18N2O6. The number of hydrogen-bond acceptors (Lipinski definition) is 7. The Morgan fingerprint density at radius 2 is 1.68 bits per heavy atom. The molecule has 1 amide bonds. The summed E-state index contributed by atoms with van der Waals surface area (Å²) in [6.07, 6.45) is 0. The van der Waals surface area contributed by atoms with Gasteiger partial charge in [-0.2, -0.15) is 0 Å². The first-order valence-corrected chi connectivity index (χ1v) is 8.29. The molecule has 8 heteroatoms. The Balaban J connectivity index is 2.04. The lowest BCUT2D eigenvalue weighted by molar-refractivity contribution is -0.141. The molecule has 1 heterocycles. The molecular weight excluding hydrogens is 364 g/mol. The van der Waals surface area contributed by atoms with Gasteiger partial charge >= 0.3 is 5.97 Å². The third-order valence-electron chi connectivity index (χ3n) is 3.77. The van der Waals surface area contributed by atoms with Crippen molar-refractivity contribution in [1.29, 1.82) is 0 Å². The number of carbonyl (C=O) groups is 2. The van der Waals surface area contributed by atoms with E-state index in [4.69, 9.17) is 13.9 Å². The van der Waals surface area contributed by atoms with E-state index in [0.717, 1.165) is 0 Å². The summed E-state index contributed by atoms with van der Waals surface area (Å²) in [6.45, 7) is 1.20. The van der Waals surface area contributed by atoms with Gasteiger partial charge in [0.2, 0.25) is 0 Å². The zero-order valence-corrected chi connectivity index (χ0v) is 15.5. The molecule has 0 bridgehead atoms. The highest BCUT2D eigenvalue weighted by molar-refractivity contribution is 6.05. The van der Waals surface area contributed by atoms with Crippen LogP contribution in [0.3, 0.4) is 0 Å². The Bertz CT molecular complexity index is 1080. The number of benzene rings is 2. The molecule has 8 nitrogen and oxygen atoms in total. The van der Waals surface area contributed by atoms with Gasteiger partial charge in [-0.15, -0.1) is 0 Å². The highest BCUT2D eigenvalue weighted by Gasteiger charge is 2.15. The third-order valence-corrected chi connectivity index (χ3v) is 3.77. The first kappa shape index (κ1) is 19.0. The summed E-state index contributed by atoms with van der Waals surface area (Å²) in [4.78, 5) is 28.6. The largest absolute Gasteiger partial charge is 0.497 e. The predicted molar refractivity (Wildman–Crippen MR) is 101 cm³/mol. The fourth-order valence-corrected chi connectivity index (χ4v) is 2.48. The van der Waals surface area contributed by atoms with Gasteiger partial charge in [0.05, 0.1) is 14.2 Å². The summed E-state index contributed by atoms with van der Waals surface area (Å²) in [7, 11) is 3.03. The van der Waals surface area contributed by atoms with Crippen molar-refractivity contribution in [3.63, 3.8) is 0 Å². The number of methoxy groups -OCH3 is 2. The summed E-state index contributed by atoms with van der Waals surface area (Å²) in [6, 6.07) is 13.7. The number of anilines is 1. The molecule has 0 aliphatic heterocycles. The first-order chi connectivity index (χ1) is 13.5. The number of ether oxygens (including phenoxy) is 2. The molecule has 0 aliphatic rings. The smallest absolute Gasteiger partial charge is 0.332 e. The van der Waals surface area contributed by atoms with Crippen molar-refractivity contribution in [2.75, 3.05) is 19.5 Å². The minimum Gasteiger partial charge on any atom is -0.497 e. The van der Waals surface area contributed by atoms with Gasteiger partial charge in [-0.05, 0) is 17.3 Å². The molecule has 0 fully saturated rings. The number of para-hydroxylation sites is 1. The Hall–Kier alpha value is -3.81. The fourth-order valence-electron chi connectivity index (χ4n) is 2.48. The van der Waals surface area contributed by atoms with Gasteiger partial charge in [-0.1, -0.05) is 18.2 Å². The molecule has 0 saturated carbocycles. The number of hydrogen-bond donors (Lipinski definition) is 1. The summed E-state index contributed by atoms with van der Waals surface area (Å²) in [5.74, 6) is -0.103. The zero-order chi connectivity index (χ0) is 20.1. The van der Waals surface area contributed by atoms with E-state index in [1.54, 1.807) is 42.5 Å². The summed E-state index contributed by atoms with van der Waals surface area (Å²) in [5, 5.41) is 7.09. The molecule has 0 saturated heterocycles. The van der Waals surface area contributed by atoms with Crippen molar-refractivity contribution < 1.29 is 28.3 Å². The SMILES string of the molecule is COc1cc(NC(=O)c2cc3ccccc3o/c2=N/OC(C)=O)cc(OC)c1. The average molecular weight is 382 g/mol. The number of rotatable bonds is 5. The molecule has 28 heavy (non-hydrogen) atoms. The van der Waals surface area contributed by atoms with E-state index in [9.17, 15) is 9.59 Å². The normalized spacial score (nSPS) is 11.2. The van der Waals surface area contributed by atoms with Crippen LogP contribution in [0.1, 0.15) is 17.3 Å². The monoisotopic (exact) mass is 382 g/mol. The van der Waals surface area contributed by atoms with E-state index in [1.165, 1.54) is 21.1 Å². The summed E-state index contributed by atoms with van der Waals surface area (Å²) >= 11 is 0. The molecule has 3 aromatic rings. The topological polar surface area (TPSA) is 99.4 Å². The second-order valence-electron chi connectivity index (χ2n) is 5.73. The second kappa shape index (κ2) is 8.26. The van der Waals surface area contributed by atoms with Gasteiger partial charge in [0.25, 0.3) is 11.5 Å². The lowest BCUT2D eigenvalue weighted by atomic mass is 10.1. The minimum atomic E-state index is -0.632. The van der Waals surface area contributed by atoms with Crippen LogP contribution < -0.4 is 20.3 Å². The maximum absolute atomic E-state index is 12.9. The Morgan fingerprint density at radius 3 is 2.32 bits per heavy atom. The predicted octanol–water partition coefficient (Wildman–Crippen LogP) is 3.08. The summed E-state index contributed by atoms with van der Waals surface area (Å²) in [5.41, 5.74) is 0.920. The third kappa shape index (κ3) is 4.29. The van der Waals surface area contributed by atoms with Crippen LogP contribution in [0.5, 0.6) is 11.5 Å². The van der Waals surface area contributed by atoms with Gasteiger partial charge in [-0.3, -0.25) is 4.79 Å². The highest BCUT2D eigenvalue weighted by Crippen LogP contribution is 2.26. The van der Waals surface area contributed by atoms with E-state index in [1.807, 2.05) is 6.07 Å². The van der Waals surface area contributed by atoms with Crippen LogP contribution in [-0.2, 0) is 9.63 Å². The Labute approximate surface area is 160 Å². The zero-order valence-electron chi connectivity index (χ0n) is 15.5. The van der Waals surface area contributed by atoms with Crippen molar-refractivity contribution in [3.05, 3.63) is 59.6 Å². The van der Waals surface area contributed by atoms with Gasteiger partial charge < -0.3 is 24.0 Å². The van der Waals surface area contributed by atoms with E-state index >= 15 is 0 Å². The molecule has 0 aliphatic carbocycles. The van der Waals surface area contributed by atoms with Crippen LogP contribution in [0.15, 0.2) is 58.1 Å². The van der Waals surface area contributed by atoms with Crippen LogP contribution in [0.4, 0.5) is 5.69 Å². The van der Waals surface area contributed by atoms with Crippen molar-refractivity contribution in [2.45, 2.75) is 6.92 Å². The molecule has 0 radical (unpaired) electrons. The maximum atomic E-state index is 12.9. The Kier molecular flexibility index (Phi) is 5.59. The van der Waals surface area contributed by atoms with Gasteiger partial charge in [0.15, 0.2) is 0 Å². The fraction of sp³-hybridized carbons (Fsp3) is 0.150. The van der Waals surface area contributed by atoms with Gasteiger partial charge in [0, 0.05) is 36.2 Å². The molecule has 0 atom stereocenters. The van der Waals surface area contributed by atoms with Gasteiger partial charge in [0.1, 0.15) is 22.6 Å². The van der Waals surface area contributed by atoms with E-state index in [-0.39, 0.29) is 11.1 Å². The molecule has 0 unspecified atom stereocenters. The quantitative estimate of drug-likeness (QED) is 0.538. The standard InChI is InChI=1S/C20H18N2O6/c1-12(23)28-22-20-17(8-13-6-4-5-7-18(13)27-20)19(24)21-14-9-15(25-2)11-16(10-14)26-3/h4-11H,1-3H3,(H,21,24)/b22-20+. The molecule has 144 valence electrons. The maximum Gasteiger partial charge on any atom is 0.332 e.